The summed E-state index contributed by atoms with van der Waals surface area (Å²) in [7, 11) is 0. The summed E-state index contributed by atoms with van der Waals surface area (Å²) >= 11 is 3.93. The van der Waals surface area contributed by atoms with Crippen molar-refractivity contribution < 1.29 is 19.7 Å². The van der Waals surface area contributed by atoms with Crippen molar-refractivity contribution in [2.75, 3.05) is 0 Å². The van der Waals surface area contributed by atoms with Gasteiger partial charge in [-0.05, 0) is 42.0 Å². The van der Waals surface area contributed by atoms with Crippen LogP contribution in [0.25, 0.3) is 0 Å². The number of carboxylic acid groups (broad SMARTS) is 1. The highest BCUT2D eigenvalue weighted by molar-refractivity contribution is 14.2. The summed E-state index contributed by atoms with van der Waals surface area (Å²) in [6.07, 6.45) is 0.417. The van der Waals surface area contributed by atoms with Crippen LogP contribution in [-0.4, -0.2) is 23.6 Å². The molecule has 0 aliphatic rings. The molecule has 22 heavy (non-hydrogen) atoms. The smallest absolute Gasteiger partial charge is 0.322 e. The molecule has 0 unspecified atom stereocenters. The Kier molecular flexibility index (Phi) is 6.26. The second kappa shape index (κ2) is 7.97. The number of rotatable bonds is 6. The molecule has 0 spiro atoms. The van der Waals surface area contributed by atoms with Crippen LogP contribution < -0.4 is 4.74 Å². The van der Waals surface area contributed by atoms with Gasteiger partial charge in [-0.1, -0.05) is 12.1 Å². The number of hydrogen-bond acceptors (Lipinski definition) is 4. The Bertz CT molecular complexity index is 629. The van der Waals surface area contributed by atoms with Crippen molar-refractivity contribution in [1.82, 2.24) is 1.33 Å². The fourth-order valence-electron chi connectivity index (χ4n) is 1.81. The molecule has 0 aromatic heterocycles. The molecule has 2 aromatic rings. The van der Waals surface area contributed by atoms with Crippen molar-refractivity contribution >= 4 is 51.7 Å². The minimum atomic E-state index is -0.854. The fraction of sp³-hybridized carbons (Fsp3) is 0.133. The van der Waals surface area contributed by atoms with Gasteiger partial charge in [0.2, 0.25) is 0 Å². The summed E-state index contributed by atoms with van der Waals surface area (Å²) in [4.78, 5) is 11.2. The molecular formula is C15H13I2NO4. The van der Waals surface area contributed by atoms with Crippen LogP contribution in [0, 0.1) is 0 Å². The van der Waals surface area contributed by atoms with Gasteiger partial charge in [0.25, 0.3) is 0 Å². The Morgan fingerprint density at radius 3 is 2.00 bits per heavy atom. The van der Waals surface area contributed by atoms with E-state index >= 15 is 0 Å². The number of nitrogens with zero attached hydrogens (tertiary/aromatic N) is 1. The molecule has 0 heterocycles. The number of phenolic OH excluding ortho intramolecular Hbond substituents is 1. The number of phenols is 1. The number of ether oxygens (including phenoxy) is 1. The number of benzene rings is 2. The predicted octanol–water partition coefficient (Wildman–Crippen LogP) is 4.18. The summed E-state index contributed by atoms with van der Waals surface area (Å²) in [5.41, 5.74) is 0.920. The average molecular weight is 525 g/mol. The van der Waals surface area contributed by atoms with E-state index in [2.05, 4.69) is 0 Å². The maximum absolute atomic E-state index is 11.2. The topological polar surface area (TPSA) is 70.0 Å². The van der Waals surface area contributed by atoms with Gasteiger partial charge in [-0.15, -0.1) is 0 Å². The average Bonchev–Trinajstić information content (AvgIpc) is 2.48. The molecule has 0 radical (unpaired) electrons. The third kappa shape index (κ3) is 4.99. The minimum Gasteiger partial charge on any atom is -0.508 e. The van der Waals surface area contributed by atoms with Gasteiger partial charge >= 0.3 is 5.97 Å². The standard InChI is InChI=1S/C15H13I2NO4/c16-18(17)14(15(20)21)9-10-1-5-12(6-2-10)22-13-7-3-11(19)4-8-13/h1-8,14,19H,9H2,(H,20,21)/t14-/m0/s1. The number of aromatic hydroxyl groups is 1. The molecule has 2 rings (SSSR count). The zero-order valence-corrected chi connectivity index (χ0v) is 15.6. The maximum Gasteiger partial charge on any atom is 0.322 e. The third-order valence-electron chi connectivity index (χ3n) is 2.95. The summed E-state index contributed by atoms with van der Waals surface area (Å²) in [6, 6.07) is 13.2. The largest absolute Gasteiger partial charge is 0.508 e. The SMILES string of the molecule is O=C(O)[C@H](Cc1ccc(Oc2ccc(O)cc2)cc1)N(I)I. The first-order valence-corrected chi connectivity index (χ1v) is 8.28. The summed E-state index contributed by atoms with van der Waals surface area (Å²) in [5.74, 6) is 0.611. The van der Waals surface area contributed by atoms with E-state index in [1.165, 1.54) is 0 Å². The van der Waals surface area contributed by atoms with Gasteiger partial charge in [0.15, 0.2) is 0 Å². The quantitative estimate of drug-likeness (QED) is 0.438. The van der Waals surface area contributed by atoms with Crippen LogP contribution in [0.2, 0.25) is 0 Å². The van der Waals surface area contributed by atoms with Crippen molar-refractivity contribution in [3.63, 3.8) is 0 Å². The van der Waals surface area contributed by atoms with E-state index in [0.717, 1.165) is 5.56 Å². The molecule has 2 aromatic carbocycles. The number of aliphatic carboxylic acids is 1. The van der Waals surface area contributed by atoms with E-state index in [9.17, 15) is 15.0 Å². The summed E-state index contributed by atoms with van der Waals surface area (Å²) < 4.78 is 7.27. The minimum absolute atomic E-state index is 0.185. The van der Waals surface area contributed by atoms with Crippen LogP contribution in [0.5, 0.6) is 17.2 Å². The van der Waals surface area contributed by atoms with Gasteiger partial charge in [0.1, 0.15) is 23.3 Å². The zero-order valence-electron chi connectivity index (χ0n) is 11.3. The van der Waals surface area contributed by atoms with Gasteiger partial charge in [-0.25, -0.2) is 0 Å². The van der Waals surface area contributed by atoms with E-state index in [-0.39, 0.29) is 5.75 Å². The number of carboxylic acids is 1. The Morgan fingerprint density at radius 2 is 1.55 bits per heavy atom. The molecule has 0 aliphatic carbocycles. The van der Waals surface area contributed by atoms with Crippen LogP contribution in [0.15, 0.2) is 48.5 Å². The molecule has 2 N–H and O–H groups in total. The van der Waals surface area contributed by atoms with Gasteiger partial charge in [0, 0.05) is 52.1 Å². The van der Waals surface area contributed by atoms with E-state index in [1.54, 1.807) is 37.7 Å². The first-order chi connectivity index (χ1) is 10.5. The Morgan fingerprint density at radius 1 is 1.05 bits per heavy atom. The monoisotopic (exact) mass is 525 g/mol. The van der Waals surface area contributed by atoms with Crippen LogP contribution in [0.4, 0.5) is 0 Å². The van der Waals surface area contributed by atoms with Gasteiger partial charge in [-0.3, -0.25) is 4.79 Å². The number of carbonyl (C=O) groups is 1. The van der Waals surface area contributed by atoms with E-state index < -0.39 is 12.0 Å². The highest BCUT2D eigenvalue weighted by atomic mass is 127. The van der Waals surface area contributed by atoms with E-state index in [1.807, 2.05) is 57.9 Å². The Labute approximate surface area is 155 Å². The zero-order chi connectivity index (χ0) is 16.1. The summed E-state index contributed by atoms with van der Waals surface area (Å²) in [6.45, 7) is 0. The van der Waals surface area contributed by atoms with Crippen molar-refractivity contribution in [1.29, 1.82) is 0 Å². The lowest BCUT2D eigenvalue weighted by atomic mass is 10.1. The highest BCUT2D eigenvalue weighted by Gasteiger charge is 2.22. The van der Waals surface area contributed by atoms with E-state index in [0.29, 0.717) is 17.9 Å². The van der Waals surface area contributed by atoms with Crippen molar-refractivity contribution in [2.24, 2.45) is 0 Å². The highest BCUT2D eigenvalue weighted by Crippen LogP contribution is 2.25. The normalized spacial score (nSPS) is 12.1. The van der Waals surface area contributed by atoms with Crippen LogP contribution >= 0.6 is 45.7 Å². The summed E-state index contributed by atoms with van der Waals surface area (Å²) in [5, 5.41) is 18.4. The molecule has 0 fully saturated rings. The van der Waals surface area contributed by atoms with Crippen LogP contribution in [-0.2, 0) is 11.2 Å². The van der Waals surface area contributed by atoms with Gasteiger partial charge < -0.3 is 14.9 Å². The molecule has 0 amide bonds. The number of halogens is 2. The van der Waals surface area contributed by atoms with Crippen LogP contribution in [0.3, 0.4) is 0 Å². The lowest BCUT2D eigenvalue weighted by molar-refractivity contribution is -0.139. The molecule has 0 saturated heterocycles. The second-order valence-electron chi connectivity index (χ2n) is 4.56. The molecule has 7 heteroatoms. The molecule has 0 saturated carbocycles. The lowest BCUT2D eigenvalue weighted by Gasteiger charge is -2.16. The fourth-order valence-corrected chi connectivity index (χ4v) is 2.68. The first-order valence-electron chi connectivity index (χ1n) is 6.35. The molecule has 116 valence electrons. The predicted molar refractivity (Wildman–Crippen MR) is 99.6 cm³/mol. The molecule has 0 bridgehead atoms. The molecule has 0 aliphatic heterocycles. The lowest BCUT2D eigenvalue weighted by Crippen LogP contribution is -2.30. The maximum atomic E-state index is 11.2. The van der Waals surface area contributed by atoms with Crippen molar-refractivity contribution in [3.05, 3.63) is 54.1 Å². The van der Waals surface area contributed by atoms with Crippen molar-refractivity contribution in [2.45, 2.75) is 12.5 Å². The number of hydrogen-bond donors (Lipinski definition) is 2. The van der Waals surface area contributed by atoms with Crippen molar-refractivity contribution in [3.8, 4) is 17.2 Å². The Hall–Kier alpha value is -1.07. The third-order valence-corrected chi connectivity index (χ3v) is 4.29. The first kappa shape index (κ1) is 17.3. The Balaban J connectivity index is 2.03. The molecule has 1 atom stereocenters. The van der Waals surface area contributed by atoms with E-state index in [4.69, 9.17) is 4.74 Å². The molecular weight excluding hydrogens is 512 g/mol. The van der Waals surface area contributed by atoms with Crippen LogP contribution in [0.1, 0.15) is 5.56 Å². The molecule has 5 nitrogen and oxygen atoms in total. The second-order valence-corrected chi connectivity index (χ2v) is 8.48. The van der Waals surface area contributed by atoms with Gasteiger partial charge in [0.05, 0.1) is 0 Å². The van der Waals surface area contributed by atoms with Gasteiger partial charge in [-0.2, -0.15) is 1.33 Å².